The SMILES string of the molecule is CCCCCCCCCCCCOC(=S)NC1C(O)C(C)C2COC(=O)N21. The maximum absolute atomic E-state index is 11.9. The van der Waals surface area contributed by atoms with Gasteiger partial charge in [0.2, 0.25) is 0 Å². The Balaban J connectivity index is 1.52. The lowest BCUT2D eigenvalue weighted by Gasteiger charge is -2.25. The van der Waals surface area contributed by atoms with E-state index >= 15 is 0 Å². The molecule has 0 aromatic carbocycles. The molecule has 2 heterocycles. The first-order chi connectivity index (χ1) is 13.1. The van der Waals surface area contributed by atoms with E-state index < -0.39 is 18.4 Å². The Kier molecular flexibility index (Phi) is 9.62. The highest BCUT2D eigenvalue weighted by molar-refractivity contribution is 7.80. The van der Waals surface area contributed by atoms with Crippen molar-refractivity contribution < 1.29 is 19.4 Å². The van der Waals surface area contributed by atoms with Crippen LogP contribution in [0.15, 0.2) is 0 Å². The van der Waals surface area contributed by atoms with Crippen molar-refractivity contribution in [2.75, 3.05) is 13.2 Å². The van der Waals surface area contributed by atoms with Gasteiger partial charge in [0.1, 0.15) is 12.8 Å². The van der Waals surface area contributed by atoms with E-state index in [1.165, 1.54) is 51.4 Å². The Morgan fingerprint density at radius 2 is 1.78 bits per heavy atom. The first-order valence-corrected chi connectivity index (χ1v) is 11.0. The highest BCUT2D eigenvalue weighted by Crippen LogP contribution is 2.33. The molecule has 7 heteroatoms. The van der Waals surface area contributed by atoms with E-state index in [1.54, 1.807) is 4.90 Å². The van der Waals surface area contributed by atoms with Gasteiger partial charge in [-0.1, -0.05) is 71.6 Å². The molecule has 2 fully saturated rings. The van der Waals surface area contributed by atoms with Gasteiger partial charge in [-0.05, 0) is 18.6 Å². The summed E-state index contributed by atoms with van der Waals surface area (Å²) in [5, 5.41) is 13.6. The number of fused-ring (bicyclic) bond motifs is 1. The van der Waals surface area contributed by atoms with E-state index in [4.69, 9.17) is 21.7 Å². The lowest BCUT2D eigenvalue weighted by molar-refractivity contribution is 0.0764. The van der Waals surface area contributed by atoms with Crippen molar-refractivity contribution in [2.24, 2.45) is 5.92 Å². The van der Waals surface area contributed by atoms with Crippen LogP contribution in [0.1, 0.15) is 78.1 Å². The van der Waals surface area contributed by atoms with E-state index in [-0.39, 0.29) is 17.1 Å². The molecule has 27 heavy (non-hydrogen) atoms. The number of ether oxygens (including phenoxy) is 2. The van der Waals surface area contributed by atoms with Crippen LogP contribution in [-0.2, 0) is 9.47 Å². The van der Waals surface area contributed by atoms with Gasteiger partial charge < -0.3 is 19.9 Å². The van der Waals surface area contributed by atoms with Crippen LogP contribution < -0.4 is 5.32 Å². The first kappa shape index (κ1) is 22.2. The van der Waals surface area contributed by atoms with E-state index in [9.17, 15) is 9.90 Å². The van der Waals surface area contributed by atoms with Crippen molar-refractivity contribution >= 4 is 23.5 Å². The fraction of sp³-hybridized carbons (Fsp3) is 0.900. The number of nitrogens with zero attached hydrogens (tertiary/aromatic N) is 1. The number of hydrogen-bond acceptors (Lipinski definition) is 5. The predicted octanol–water partition coefficient (Wildman–Crippen LogP) is 3.96. The van der Waals surface area contributed by atoms with Crippen molar-refractivity contribution in [1.82, 2.24) is 10.2 Å². The summed E-state index contributed by atoms with van der Waals surface area (Å²) in [6, 6.07) is -0.102. The molecule has 4 unspecified atom stereocenters. The molecule has 0 radical (unpaired) electrons. The van der Waals surface area contributed by atoms with E-state index in [1.807, 2.05) is 6.92 Å². The molecule has 0 spiro atoms. The molecule has 0 aromatic rings. The fourth-order valence-electron chi connectivity index (χ4n) is 3.92. The number of hydrogen-bond donors (Lipinski definition) is 2. The highest BCUT2D eigenvalue weighted by Gasteiger charge is 2.53. The molecule has 2 aliphatic rings. The van der Waals surface area contributed by atoms with Gasteiger partial charge in [-0.3, -0.25) is 4.90 Å². The van der Waals surface area contributed by atoms with Gasteiger partial charge in [-0.25, -0.2) is 4.79 Å². The van der Waals surface area contributed by atoms with Crippen LogP contribution in [0.25, 0.3) is 0 Å². The molecule has 2 rings (SSSR count). The average Bonchev–Trinajstić information content (AvgIpc) is 3.14. The Labute approximate surface area is 169 Å². The van der Waals surface area contributed by atoms with Crippen LogP contribution in [0.2, 0.25) is 0 Å². The summed E-state index contributed by atoms with van der Waals surface area (Å²) in [5.74, 6) is -0.0567. The number of carbonyl (C=O) groups is 1. The normalized spacial score (nSPS) is 26.8. The minimum Gasteiger partial charge on any atom is -0.471 e. The molecule has 2 N–H and O–H groups in total. The number of rotatable bonds is 12. The molecule has 0 aliphatic carbocycles. The zero-order valence-corrected chi connectivity index (χ0v) is 17.6. The smallest absolute Gasteiger partial charge is 0.411 e. The quantitative estimate of drug-likeness (QED) is 0.382. The lowest BCUT2D eigenvalue weighted by atomic mass is 10.0. The van der Waals surface area contributed by atoms with Gasteiger partial charge >= 0.3 is 6.09 Å². The zero-order chi connectivity index (χ0) is 19.6. The van der Waals surface area contributed by atoms with Crippen LogP contribution in [0.3, 0.4) is 0 Å². The Morgan fingerprint density at radius 1 is 1.19 bits per heavy atom. The molecule has 6 nitrogen and oxygen atoms in total. The van der Waals surface area contributed by atoms with E-state index in [2.05, 4.69) is 12.2 Å². The molecule has 0 aromatic heterocycles. The maximum atomic E-state index is 11.9. The summed E-state index contributed by atoms with van der Waals surface area (Å²) in [5.41, 5.74) is 0. The topological polar surface area (TPSA) is 71.0 Å². The predicted molar refractivity (Wildman–Crippen MR) is 109 cm³/mol. The minimum absolute atomic E-state index is 0.0567. The third kappa shape index (κ3) is 6.49. The summed E-state index contributed by atoms with van der Waals surface area (Å²) in [7, 11) is 0. The van der Waals surface area contributed by atoms with Crippen molar-refractivity contribution in [1.29, 1.82) is 0 Å². The molecule has 2 saturated heterocycles. The summed E-state index contributed by atoms with van der Waals surface area (Å²) < 4.78 is 10.6. The van der Waals surface area contributed by atoms with Gasteiger partial charge in [-0.15, -0.1) is 0 Å². The van der Waals surface area contributed by atoms with Crippen molar-refractivity contribution in [3.63, 3.8) is 0 Å². The number of amides is 1. The van der Waals surface area contributed by atoms with Gasteiger partial charge in [0, 0.05) is 5.92 Å². The Hall–Kier alpha value is -1.08. The number of aliphatic hydroxyl groups is 1. The lowest BCUT2D eigenvalue weighted by Crippen LogP contribution is -2.51. The van der Waals surface area contributed by atoms with Crippen molar-refractivity contribution in [3.8, 4) is 0 Å². The number of aliphatic hydroxyl groups excluding tert-OH is 1. The monoisotopic (exact) mass is 400 g/mol. The van der Waals surface area contributed by atoms with Gasteiger partial charge in [0.05, 0.1) is 18.8 Å². The molecular weight excluding hydrogens is 364 g/mol. The third-order valence-electron chi connectivity index (χ3n) is 5.71. The number of nitrogens with one attached hydrogen (secondary N) is 1. The summed E-state index contributed by atoms with van der Waals surface area (Å²) >= 11 is 5.23. The van der Waals surface area contributed by atoms with Crippen molar-refractivity contribution in [2.45, 2.75) is 96.4 Å². The van der Waals surface area contributed by atoms with E-state index in [0.29, 0.717) is 13.2 Å². The second kappa shape index (κ2) is 11.7. The Morgan fingerprint density at radius 3 is 2.41 bits per heavy atom. The van der Waals surface area contributed by atoms with Gasteiger partial charge in [0.15, 0.2) is 0 Å². The number of cyclic esters (lactones) is 1. The minimum atomic E-state index is -0.679. The largest absolute Gasteiger partial charge is 0.471 e. The van der Waals surface area contributed by atoms with Crippen molar-refractivity contribution in [3.05, 3.63) is 0 Å². The van der Waals surface area contributed by atoms with Crippen LogP contribution in [-0.4, -0.2) is 52.8 Å². The number of unbranched alkanes of at least 4 members (excludes halogenated alkanes) is 9. The second-order valence-electron chi connectivity index (χ2n) is 7.81. The van der Waals surface area contributed by atoms with Gasteiger partial charge in [-0.2, -0.15) is 0 Å². The summed E-state index contributed by atoms with van der Waals surface area (Å²) in [4.78, 5) is 13.4. The van der Waals surface area contributed by atoms with E-state index in [0.717, 1.165) is 12.8 Å². The molecular formula is C20H36N2O4S. The molecule has 4 atom stereocenters. The fourth-order valence-corrected chi connectivity index (χ4v) is 4.13. The Bertz CT molecular complexity index is 477. The highest BCUT2D eigenvalue weighted by atomic mass is 32.1. The average molecular weight is 401 g/mol. The van der Waals surface area contributed by atoms with Crippen LogP contribution in [0, 0.1) is 5.92 Å². The molecule has 2 aliphatic heterocycles. The summed E-state index contributed by atoms with van der Waals surface area (Å²) in [6.07, 6.45) is 11.1. The third-order valence-corrected chi connectivity index (χ3v) is 5.95. The standard InChI is InChI=1S/C20H36N2O4S/c1-3-4-5-6-7-8-9-10-11-12-13-25-19(27)21-18-17(23)15(2)16-14-26-20(24)22(16)18/h15-18,23H,3-14H2,1-2H3,(H,21,27). The number of thiocarbonyl (C=S) groups is 1. The summed E-state index contributed by atoms with van der Waals surface area (Å²) in [6.45, 7) is 5.05. The maximum Gasteiger partial charge on any atom is 0.411 e. The van der Waals surface area contributed by atoms with Crippen LogP contribution >= 0.6 is 12.2 Å². The molecule has 0 bridgehead atoms. The second-order valence-corrected chi connectivity index (χ2v) is 8.18. The molecule has 0 saturated carbocycles. The zero-order valence-electron chi connectivity index (χ0n) is 16.8. The van der Waals surface area contributed by atoms with Crippen LogP contribution in [0.4, 0.5) is 4.79 Å². The molecule has 1 amide bonds. The molecule has 156 valence electrons. The van der Waals surface area contributed by atoms with Gasteiger partial charge in [0.25, 0.3) is 5.17 Å². The first-order valence-electron chi connectivity index (χ1n) is 10.6. The van der Waals surface area contributed by atoms with Crippen LogP contribution in [0.5, 0.6) is 0 Å². The number of carbonyl (C=O) groups excluding carboxylic acids is 1.